The second kappa shape index (κ2) is 9.97. The standard InChI is InChI=1S/C12H25NO2/c1-4-7-8-9-12(14)15-11-10-13(5-2)6-3/h4-11H2,1-3H3. The summed E-state index contributed by atoms with van der Waals surface area (Å²) in [5, 5.41) is 0. The summed E-state index contributed by atoms with van der Waals surface area (Å²) in [6.07, 6.45) is 3.80. The second-order valence-electron chi connectivity index (χ2n) is 3.70. The minimum Gasteiger partial charge on any atom is -0.464 e. The van der Waals surface area contributed by atoms with E-state index in [4.69, 9.17) is 4.74 Å². The Morgan fingerprint density at radius 1 is 1.13 bits per heavy atom. The number of likely N-dealkylation sites (N-methyl/N-ethyl adjacent to an activating group) is 1. The number of esters is 1. The maximum atomic E-state index is 11.2. The number of nitrogens with zero attached hydrogens (tertiary/aromatic N) is 1. The van der Waals surface area contributed by atoms with Gasteiger partial charge in [-0.15, -0.1) is 0 Å². The van der Waals surface area contributed by atoms with Crippen LogP contribution in [0.2, 0.25) is 0 Å². The van der Waals surface area contributed by atoms with E-state index in [9.17, 15) is 4.79 Å². The third-order valence-corrected chi connectivity index (χ3v) is 2.55. The Labute approximate surface area is 93.8 Å². The van der Waals surface area contributed by atoms with Crippen molar-refractivity contribution in [1.82, 2.24) is 4.90 Å². The molecular weight excluding hydrogens is 190 g/mol. The molecule has 0 aromatic carbocycles. The molecule has 90 valence electrons. The van der Waals surface area contributed by atoms with Crippen LogP contribution in [0.1, 0.15) is 46.5 Å². The smallest absolute Gasteiger partial charge is 0.305 e. The zero-order valence-electron chi connectivity index (χ0n) is 10.4. The normalized spacial score (nSPS) is 10.7. The first kappa shape index (κ1) is 14.4. The molecule has 0 heterocycles. The van der Waals surface area contributed by atoms with E-state index >= 15 is 0 Å². The summed E-state index contributed by atoms with van der Waals surface area (Å²) in [6.45, 7) is 9.79. The highest BCUT2D eigenvalue weighted by Gasteiger charge is 2.03. The van der Waals surface area contributed by atoms with Gasteiger partial charge in [0.15, 0.2) is 0 Å². The topological polar surface area (TPSA) is 29.5 Å². The highest BCUT2D eigenvalue weighted by atomic mass is 16.5. The third kappa shape index (κ3) is 8.43. The molecule has 0 aliphatic carbocycles. The van der Waals surface area contributed by atoms with Crippen LogP contribution in [0.3, 0.4) is 0 Å². The largest absolute Gasteiger partial charge is 0.464 e. The molecule has 0 amide bonds. The number of carbonyl (C=O) groups is 1. The molecule has 0 spiro atoms. The molecule has 0 aromatic heterocycles. The van der Waals surface area contributed by atoms with Gasteiger partial charge in [0, 0.05) is 13.0 Å². The average Bonchev–Trinajstić information content (AvgIpc) is 2.25. The summed E-state index contributed by atoms with van der Waals surface area (Å²) < 4.78 is 5.14. The Hall–Kier alpha value is -0.570. The van der Waals surface area contributed by atoms with Crippen molar-refractivity contribution < 1.29 is 9.53 Å². The van der Waals surface area contributed by atoms with Gasteiger partial charge in [-0.1, -0.05) is 33.6 Å². The van der Waals surface area contributed by atoms with Gasteiger partial charge in [-0.05, 0) is 19.5 Å². The van der Waals surface area contributed by atoms with E-state index < -0.39 is 0 Å². The van der Waals surface area contributed by atoms with Gasteiger partial charge in [0.2, 0.25) is 0 Å². The minimum absolute atomic E-state index is 0.0457. The summed E-state index contributed by atoms with van der Waals surface area (Å²) in [5.41, 5.74) is 0. The van der Waals surface area contributed by atoms with E-state index in [1.165, 1.54) is 0 Å². The van der Waals surface area contributed by atoms with Gasteiger partial charge in [0.25, 0.3) is 0 Å². The number of hydrogen-bond donors (Lipinski definition) is 0. The van der Waals surface area contributed by atoms with Gasteiger partial charge in [-0.25, -0.2) is 0 Å². The van der Waals surface area contributed by atoms with Crippen molar-refractivity contribution in [2.45, 2.75) is 46.5 Å². The summed E-state index contributed by atoms with van der Waals surface area (Å²) in [6, 6.07) is 0. The number of unbranched alkanes of at least 4 members (excludes halogenated alkanes) is 2. The van der Waals surface area contributed by atoms with Crippen LogP contribution in [0, 0.1) is 0 Å². The third-order valence-electron chi connectivity index (χ3n) is 2.55. The van der Waals surface area contributed by atoms with Crippen molar-refractivity contribution in [3.8, 4) is 0 Å². The molecular formula is C12H25NO2. The highest BCUT2D eigenvalue weighted by molar-refractivity contribution is 5.69. The van der Waals surface area contributed by atoms with Gasteiger partial charge < -0.3 is 9.64 Å². The lowest BCUT2D eigenvalue weighted by Crippen LogP contribution is -2.27. The lowest BCUT2D eigenvalue weighted by atomic mass is 10.2. The average molecular weight is 215 g/mol. The SMILES string of the molecule is CCCCCC(=O)OCCN(CC)CC. The van der Waals surface area contributed by atoms with Crippen LogP contribution in [0.4, 0.5) is 0 Å². The van der Waals surface area contributed by atoms with Crippen LogP contribution >= 0.6 is 0 Å². The molecule has 0 aromatic rings. The Morgan fingerprint density at radius 3 is 2.33 bits per heavy atom. The highest BCUT2D eigenvalue weighted by Crippen LogP contribution is 2.00. The predicted octanol–water partition coefficient (Wildman–Crippen LogP) is 2.45. The molecule has 0 radical (unpaired) electrons. The molecule has 3 heteroatoms. The Kier molecular flexibility index (Phi) is 9.59. The van der Waals surface area contributed by atoms with Crippen LogP contribution in [-0.4, -0.2) is 37.1 Å². The minimum atomic E-state index is -0.0457. The summed E-state index contributed by atoms with van der Waals surface area (Å²) in [7, 11) is 0. The molecule has 0 rings (SSSR count). The monoisotopic (exact) mass is 215 g/mol. The Morgan fingerprint density at radius 2 is 1.80 bits per heavy atom. The molecule has 0 N–H and O–H groups in total. The quantitative estimate of drug-likeness (QED) is 0.437. The number of ether oxygens (including phenoxy) is 1. The van der Waals surface area contributed by atoms with Gasteiger partial charge in [-0.2, -0.15) is 0 Å². The van der Waals surface area contributed by atoms with Crippen molar-refractivity contribution in [2.75, 3.05) is 26.2 Å². The lowest BCUT2D eigenvalue weighted by molar-refractivity contribution is -0.144. The Balaban J connectivity index is 3.37. The van der Waals surface area contributed by atoms with Gasteiger partial charge in [-0.3, -0.25) is 4.79 Å². The zero-order chi connectivity index (χ0) is 11.5. The summed E-state index contributed by atoms with van der Waals surface area (Å²) >= 11 is 0. The molecule has 0 unspecified atom stereocenters. The van der Waals surface area contributed by atoms with E-state index in [1.807, 2.05) is 0 Å². The van der Waals surface area contributed by atoms with Crippen LogP contribution in [0.5, 0.6) is 0 Å². The first-order valence-electron chi connectivity index (χ1n) is 6.12. The molecule has 0 aliphatic heterocycles. The van der Waals surface area contributed by atoms with Gasteiger partial charge in [0.05, 0.1) is 0 Å². The maximum absolute atomic E-state index is 11.2. The molecule has 0 aliphatic rings. The molecule has 0 atom stereocenters. The lowest BCUT2D eigenvalue weighted by Gasteiger charge is -2.17. The Bertz CT molecular complexity index is 156. The molecule has 0 saturated heterocycles. The molecule has 3 nitrogen and oxygen atoms in total. The number of carbonyl (C=O) groups excluding carboxylic acids is 1. The van der Waals surface area contributed by atoms with Gasteiger partial charge >= 0.3 is 5.97 Å². The van der Waals surface area contributed by atoms with Crippen molar-refractivity contribution in [1.29, 1.82) is 0 Å². The van der Waals surface area contributed by atoms with Crippen LogP contribution in [0.25, 0.3) is 0 Å². The molecule has 0 fully saturated rings. The van der Waals surface area contributed by atoms with Crippen LogP contribution in [0.15, 0.2) is 0 Å². The first-order valence-corrected chi connectivity index (χ1v) is 6.12. The van der Waals surface area contributed by atoms with E-state index in [0.717, 1.165) is 38.9 Å². The number of hydrogen-bond acceptors (Lipinski definition) is 3. The van der Waals surface area contributed by atoms with E-state index in [2.05, 4.69) is 25.7 Å². The zero-order valence-corrected chi connectivity index (χ0v) is 10.4. The van der Waals surface area contributed by atoms with Crippen molar-refractivity contribution in [2.24, 2.45) is 0 Å². The van der Waals surface area contributed by atoms with Crippen molar-refractivity contribution in [3.05, 3.63) is 0 Å². The molecule has 15 heavy (non-hydrogen) atoms. The first-order chi connectivity index (χ1) is 7.24. The van der Waals surface area contributed by atoms with Crippen molar-refractivity contribution in [3.63, 3.8) is 0 Å². The number of rotatable bonds is 9. The summed E-state index contributed by atoms with van der Waals surface area (Å²) in [4.78, 5) is 13.5. The molecule has 0 saturated carbocycles. The summed E-state index contributed by atoms with van der Waals surface area (Å²) in [5.74, 6) is -0.0457. The van der Waals surface area contributed by atoms with Crippen LogP contribution in [-0.2, 0) is 9.53 Å². The predicted molar refractivity (Wildman–Crippen MR) is 62.9 cm³/mol. The van der Waals surface area contributed by atoms with E-state index in [-0.39, 0.29) is 5.97 Å². The molecule has 0 bridgehead atoms. The fraction of sp³-hybridized carbons (Fsp3) is 0.917. The fourth-order valence-electron chi connectivity index (χ4n) is 1.42. The second-order valence-corrected chi connectivity index (χ2v) is 3.70. The maximum Gasteiger partial charge on any atom is 0.305 e. The van der Waals surface area contributed by atoms with Gasteiger partial charge in [0.1, 0.15) is 6.61 Å². The van der Waals surface area contributed by atoms with Crippen LogP contribution < -0.4 is 0 Å². The van der Waals surface area contributed by atoms with Crippen molar-refractivity contribution >= 4 is 5.97 Å². The van der Waals surface area contributed by atoms with E-state index in [0.29, 0.717) is 13.0 Å². The fourth-order valence-corrected chi connectivity index (χ4v) is 1.42. The van der Waals surface area contributed by atoms with E-state index in [1.54, 1.807) is 0 Å².